The number of H-pyrrole nitrogens is 1. The smallest absolute Gasteiger partial charge is 0.275 e. The molecule has 0 aromatic carbocycles. The van der Waals surface area contributed by atoms with Gasteiger partial charge >= 0.3 is 0 Å². The number of fused-ring (bicyclic) bond motifs is 1. The minimum Gasteiger partial charge on any atom is -0.467 e. The first-order valence-electron chi connectivity index (χ1n) is 6.76. The summed E-state index contributed by atoms with van der Waals surface area (Å²) in [4.78, 5) is 14.2. The number of nitrogens with one attached hydrogen (secondary N) is 2. The van der Waals surface area contributed by atoms with Gasteiger partial charge in [0.05, 0.1) is 12.3 Å². The van der Waals surface area contributed by atoms with Crippen molar-refractivity contribution in [2.24, 2.45) is 0 Å². The van der Waals surface area contributed by atoms with Crippen molar-refractivity contribution in [2.45, 2.75) is 25.9 Å². The van der Waals surface area contributed by atoms with E-state index in [0.717, 1.165) is 30.0 Å². The Morgan fingerprint density at radius 2 is 2.40 bits per heavy atom. The van der Waals surface area contributed by atoms with Crippen LogP contribution in [-0.4, -0.2) is 34.6 Å². The van der Waals surface area contributed by atoms with Crippen molar-refractivity contribution in [1.82, 2.24) is 20.4 Å². The lowest BCUT2D eigenvalue weighted by Crippen LogP contribution is -2.32. The van der Waals surface area contributed by atoms with Gasteiger partial charge in [-0.2, -0.15) is 5.10 Å². The summed E-state index contributed by atoms with van der Waals surface area (Å²) in [5.74, 6) is 0.679. The second-order valence-corrected chi connectivity index (χ2v) is 5.06. The van der Waals surface area contributed by atoms with E-state index >= 15 is 0 Å². The van der Waals surface area contributed by atoms with Gasteiger partial charge < -0.3 is 14.6 Å². The normalized spacial score (nSPS) is 15.7. The summed E-state index contributed by atoms with van der Waals surface area (Å²) in [5.41, 5.74) is 2.55. The number of nitrogens with zero attached hydrogens (tertiary/aromatic N) is 2. The molecule has 2 aromatic rings. The van der Waals surface area contributed by atoms with E-state index < -0.39 is 0 Å². The highest BCUT2D eigenvalue weighted by atomic mass is 16.3. The molecule has 0 saturated carbocycles. The quantitative estimate of drug-likeness (QED) is 0.889. The topological polar surface area (TPSA) is 74.2 Å². The van der Waals surface area contributed by atoms with Crippen LogP contribution in [0, 0.1) is 0 Å². The molecule has 2 N–H and O–H groups in total. The van der Waals surface area contributed by atoms with E-state index in [1.165, 1.54) is 0 Å². The van der Waals surface area contributed by atoms with Crippen LogP contribution >= 0.6 is 0 Å². The highest BCUT2D eigenvalue weighted by molar-refractivity contribution is 5.94. The van der Waals surface area contributed by atoms with Crippen LogP contribution in [0.1, 0.15) is 40.5 Å². The lowest BCUT2D eigenvalue weighted by Gasteiger charge is -2.23. The third-order valence-corrected chi connectivity index (χ3v) is 3.87. The highest BCUT2D eigenvalue weighted by Gasteiger charge is 2.27. The monoisotopic (exact) mass is 274 g/mol. The molecule has 1 atom stereocenters. The zero-order valence-corrected chi connectivity index (χ0v) is 11.6. The number of amides is 1. The zero-order valence-electron chi connectivity index (χ0n) is 11.6. The van der Waals surface area contributed by atoms with Crippen LogP contribution in [0.25, 0.3) is 0 Å². The van der Waals surface area contributed by atoms with Crippen LogP contribution in [-0.2, 0) is 13.0 Å². The molecule has 3 heterocycles. The fourth-order valence-electron chi connectivity index (χ4n) is 2.46. The summed E-state index contributed by atoms with van der Waals surface area (Å²) in [5, 5.41) is 10.4. The van der Waals surface area contributed by atoms with Gasteiger partial charge in [0, 0.05) is 37.8 Å². The Balaban J connectivity index is 1.83. The molecule has 2 aromatic heterocycles. The van der Waals surface area contributed by atoms with Crippen LogP contribution in [0.3, 0.4) is 0 Å². The van der Waals surface area contributed by atoms with E-state index in [1.54, 1.807) is 18.2 Å². The van der Waals surface area contributed by atoms with E-state index in [9.17, 15) is 4.79 Å². The predicted molar refractivity (Wildman–Crippen MR) is 73.2 cm³/mol. The third kappa shape index (κ3) is 2.12. The Morgan fingerprint density at radius 3 is 3.15 bits per heavy atom. The molecule has 1 unspecified atom stereocenters. The van der Waals surface area contributed by atoms with Crippen molar-refractivity contribution < 1.29 is 9.21 Å². The molecule has 0 bridgehead atoms. The Morgan fingerprint density at radius 1 is 1.55 bits per heavy atom. The van der Waals surface area contributed by atoms with E-state index in [2.05, 4.69) is 15.5 Å². The summed E-state index contributed by atoms with van der Waals surface area (Å²) in [6.07, 6.45) is 2.50. The van der Waals surface area contributed by atoms with Crippen LogP contribution < -0.4 is 5.32 Å². The number of aromatic amines is 1. The lowest BCUT2D eigenvalue weighted by atomic mass is 10.1. The van der Waals surface area contributed by atoms with Crippen molar-refractivity contribution >= 4 is 5.91 Å². The number of hydrogen-bond donors (Lipinski definition) is 2. The Bertz CT molecular complexity index is 603. The molecule has 6 heteroatoms. The SMILES string of the molecule is CC(c1ccco1)N(C)C(=O)c1n[nH]c2c1CNCC2. The Hall–Kier alpha value is -2.08. The second-order valence-electron chi connectivity index (χ2n) is 5.06. The average molecular weight is 274 g/mol. The molecular weight excluding hydrogens is 256 g/mol. The molecule has 1 aliphatic rings. The van der Waals surface area contributed by atoms with Gasteiger partial charge in [0.15, 0.2) is 5.69 Å². The van der Waals surface area contributed by atoms with Crippen LogP contribution in [0.4, 0.5) is 0 Å². The molecular formula is C14H18N4O2. The van der Waals surface area contributed by atoms with Crippen molar-refractivity contribution in [3.8, 4) is 0 Å². The lowest BCUT2D eigenvalue weighted by molar-refractivity contribution is 0.0719. The maximum absolute atomic E-state index is 12.6. The summed E-state index contributed by atoms with van der Waals surface area (Å²) < 4.78 is 5.36. The van der Waals surface area contributed by atoms with E-state index in [4.69, 9.17) is 4.42 Å². The molecule has 106 valence electrons. The van der Waals surface area contributed by atoms with E-state index in [-0.39, 0.29) is 11.9 Å². The highest BCUT2D eigenvalue weighted by Crippen LogP contribution is 2.23. The summed E-state index contributed by atoms with van der Waals surface area (Å²) >= 11 is 0. The first kappa shape index (κ1) is 12.9. The average Bonchev–Trinajstić information content (AvgIpc) is 3.14. The maximum Gasteiger partial charge on any atom is 0.275 e. The van der Waals surface area contributed by atoms with Crippen molar-refractivity contribution in [3.63, 3.8) is 0 Å². The third-order valence-electron chi connectivity index (χ3n) is 3.87. The predicted octanol–water partition coefficient (Wildman–Crippen LogP) is 1.48. The van der Waals surface area contributed by atoms with Crippen molar-refractivity contribution in [1.29, 1.82) is 0 Å². The molecule has 20 heavy (non-hydrogen) atoms. The first-order chi connectivity index (χ1) is 9.68. The largest absolute Gasteiger partial charge is 0.467 e. The van der Waals surface area contributed by atoms with Gasteiger partial charge in [0.1, 0.15) is 5.76 Å². The summed E-state index contributed by atoms with van der Waals surface area (Å²) in [7, 11) is 1.77. The Kier molecular flexibility index (Phi) is 3.31. The second kappa shape index (κ2) is 5.13. The van der Waals surface area contributed by atoms with E-state index in [0.29, 0.717) is 12.2 Å². The minimum atomic E-state index is -0.124. The van der Waals surface area contributed by atoms with Gasteiger partial charge in [-0.3, -0.25) is 9.89 Å². The number of carbonyl (C=O) groups excluding carboxylic acids is 1. The molecule has 0 aliphatic carbocycles. The molecule has 1 amide bonds. The maximum atomic E-state index is 12.6. The molecule has 6 nitrogen and oxygen atoms in total. The molecule has 0 saturated heterocycles. The number of carbonyl (C=O) groups is 1. The van der Waals surface area contributed by atoms with Crippen LogP contribution in [0.15, 0.2) is 22.8 Å². The fraction of sp³-hybridized carbons (Fsp3) is 0.429. The molecule has 1 aliphatic heterocycles. The van der Waals surface area contributed by atoms with Crippen molar-refractivity contribution in [3.05, 3.63) is 41.1 Å². The van der Waals surface area contributed by atoms with E-state index in [1.807, 2.05) is 19.1 Å². The molecule has 0 radical (unpaired) electrons. The summed E-state index contributed by atoms with van der Waals surface area (Å²) in [6, 6.07) is 3.57. The Labute approximate surface area is 117 Å². The number of rotatable bonds is 3. The number of aromatic nitrogens is 2. The molecule has 0 fully saturated rings. The minimum absolute atomic E-state index is 0.0879. The number of hydrogen-bond acceptors (Lipinski definition) is 4. The molecule has 3 rings (SSSR count). The number of furan rings is 1. The van der Waals surface area contributed by atoms with Gasteiger partial charge in [0.2, 0.25) is 0 Å². The summed E-state index contributed by atoms with van der Waals surface area (Å²) in [6.45, 7) is 3.55. The standard InChI is InChI=1S/C14H18N4O2/c1-9(12-4-3-7-20-12)18(2)14(19)13-10-8-15-6-5-11(10)16-17-13/h3-4,7,9,15H,5-6,8H2,1-2H3,(H,16,17). The van der Waals surface area contributed by atoms with Crippen LogP contribution in [0.2, 0.25) is 0 Å². The van der Waals surface area contributed by atoms with Gasteiger partial charge in [-0.15, -0.1) is 0 Å². The van der Waals surface area contributed by atoms with Crippen LogP contribution in [0.5, 0.6) is 0 Å². The van der Waals surface area contributed by atoms with Crippen molar-refractivity contribution in [2.75, 3.05) is 13.6 Å². The first-order valence-corrected chi connectivity index (χ1v) is 6.76. The fourth-order valence-corrected chi connectivity index (χ4v) is 2.46. The van der Waals surface area contributed by atoms with Gasteiger partial charge in [0.25, 0.3) is 5.91 Å². The van der Waals surface area contributed by atoms with Gasteiger partial charge in [-0.25, -0.2) is 0 Å². The molecule has 0 spiro atoms. The van der Waals surface area contributed by atoms with Gasteiger partial charge in [-0.05, 0) is 19.1 Å². The zero-order chi connectivity index (χ0) is 14.1. The van der Waals surface area contributed by atoms with Gasteiger partial charge in [-0.1, -0.05) is 0 Å².